The molecule has 1 N–H and O–H groups in total. The molecule has 1 fully saturated rings. The molecular weight excluding hydrogens is 367 g/mol. The molecule has 1 amide bonds. The lowest BCUT2D eigenvalue weighted by molar-refractivity contribution is -0.118. The van der Waals surface area contributed by atoms with Crippen LogP contribution < -0.4 is 4.72 Å². The zero-order valence-electron chi connectivity index (χ0n) is 17.0. The summed E-state index contributed by atoms with van der Waals surface area (Å²) in [6.45, 7) is 12.6. The molecule has 5 nitrogen and oxygen atoms in total. The number of carbonyl (C=O) groups is 1. The molecule has 0 bridgehead atoms. The highest BCUT2D eigenvalue weighted by Crippen LogP contribution is 2.29. The molecule has 0 aromatic heterocycles. The van der Waals surface area contributed by atoms with Crippen LogP contribution in [0.25, 0.3) is 0 Å². The maximum atomic E-state index is 14.0. The van der Waals surface area contributed by atoms with Gasteiger partial charge in [-0.25, -0.2) is 12.8 Å². The van der Waals surface area contributed by atoms with Crippen molar-refractivity contribution in [3.8, 4) is 0 Å². The van der Waals surface area contributed by atoms with Gasteiger partial charge in [-0.3, -0.25) is 14.4 Å². The average Bonchev–Trinajstić information content (AvgIpc) is 2.44. The van der Waals surface area contributed by atoms with Crippen LogP contribution in [0.4, 0.5) is 4.39 Å². The van der Waals surface area contributed by atoms with Gasteiger partial charge in [0, 0.05) is 19.1 Å². The average molecular weight is 399 g/mol. The summed E-state index contributed by atoms with van der Waals surface area (Å²) in [5, 5.41) is -0.564. The van der Waals surface area contributed by atoms with Gasteiger partial charge in [0.15, 0.2) is 0 Å². The summed E-state index contributed by atoms with van der Waals surface area (Å²) in [4.78, 5) is 14.6. The van der Waals surface area contributed by atoms with E-state index in [0.717, 1.165) is 16.7 Å². The minimum atomic E-state index is -3.70. The third kappa shape index (κ3) is 5.08. The van der Waals surface area contributed by atoms with E-state index in [2.05, 4.69) is 4.72 Å². The normalized spacial score (nSPS) is 16.2. The number of amides is 1. The van der Waals surface area contributed by atoms with Crippen molar-refractivity contribution in [1.29, 1.82) is 0 Å². The maximum Gasteiger partial charge on any atom is 0.240 e. The SMILES string of the molecule is CC(C)c1cc(F)cc(C(C)C)c1CC(=O)NS(=O)(=O)C1CN(C(C)C)C1. The van der Waals surface area contributed by atoms with E-state index in [-0.39, 0.29) is 30.1 Å². The predicted octanol–water partition coefficient (Wildman–Crippen LogP) is 3.15. The molecule has 0 saturated carbocycles. The van der Waals surface area contributed by atoms with Gasteiger partial charge in [-0.2, -0.15) is 0 Å². The molecule has 0 spiro atoms. The van der Waals surface area contributed by atoms with Crippen molar-refractivity contribution in [2.75, 3.05) is 13.1 Å². The zero-order chi connectivity index (χ0) is 20.5. The molecule has 7 heteroatoms. The van der Waals surface area contributed by atoms with Crippen LogP contribution in [-0.2, 0) is 21.2 Å². The van der Waals surface area contributed by atoms with Crippen LogP contribution in [0.5, 0.6) is 0 Å². The van der Waals surface area contributed by atoms with E-state index in [9.17, 15) is 17.6 Å². The Hall–Kier alpha value is -1.47. The first-order valence-corrected chi connectivity index (χ1v) is 11.1. The van der Waals surface area contributed by atoms with Crippen molar-refractivity contribution in [1.82, 2.24) is 9.62 Å². The molecular formula is C20H31FN2O3S. The molecule has 27 heavy (non-hydrogen) atoms. The second-order valence-corrected chi connectivity index (χ2v) is 10.2. The Labute approximate surface area is 162 Å². The van der Waals surface area contributed by atoms with Gasteiger partial charge in [-0.1, -0.05) is 27.7 Å². The van der Waals surface area contributed by atoms with E-state index in [1.165, 1.54) is 12.1 Å². The summed E-state index contributed by atoms with van der Waals surface area (Å²) in [6, 6.07) is 3.17. The zero-order valence-corrected chi connectivity index (χ0v) is 17.9. The summed E-state index contributed by atoms with van der Waals surface area (Å²) < 4.78 is 41.1. The first kappa shape index (κ1) is 21.8. The van der Waals surface area contributed by atoms with Crippen LogP contribution in [0.3, 0.4) is 0 Å². The Morgan fingerprint density at radius 2 is 1.59 bits per heavy atom. The van der Waals surface area contributed by atoms with Crippen LogP contribution in [0, 0.1) is 5.82 Å². The third-order valence-corrected chi connectivity index (χ3v) is 6.85. The smallest absolute Gasteiger partial charge is 0.240 e. The van der Waals surface area contributed by atoms with Crippen LogP contribution in [0.1, 0.15) is 70.1 Å². The molecule has 1 heterocycles. The number of nitrogens with zero attached hydrogens (tertiary/aromatic N) is 1. The van der Waals surface area contributed by atoms with Crippen LogP contribution in [0.2, 0.25) is 0 Å². The first-order valence-electron chi connectivity index (χ1n) is 9.53. The van der Waals surface area contributed by atoms with E-state index in [4.69, 9.17) is 0 Å². The Balaban J connectivity index is 2.18. The van der Waals surface area contributed by atoms with Gasteiger partial charge < -0.3 is 0 Å². The number of rotatable bonds is 7. The number of sulfonamides is 1. The van der Waals surface area contributed by atoms with Gasteiger partial charge in [0.05, 0.1) is 6.42 Å². The fraction of sp³-hybridized carbons (Fsp3) is 0.650. The quantitative estimate of drug-likeness (QED) is 0.766. The first-order chi connectivity index (χ1) is 12.4. The summed E-state index contributed by atoms with van der Waals surface area (Å²) >= 11 is 0. The summed E-state index contributed by atoms with van der Waals surface area (Å²) in [5.74, 6) is -0.830. The monoisotopic (exact) mass is 398 g/mol. The Morgan fingerprint density at radius 1 is 1.11 bits per heavy atom. The lowest BCUT2D eigenvalue weighted by Crippen LogP contribution is -2.60. The van der Waals surface area contributed by atoms with Gasteiger partial charge in [0.1, 0.15) is 11.1 Å². The van der Waals surface area contributed by atoms with E-state index < -0.39 is 21.2 Å². The maximum absolute atomic E-state index is 14.0. The number of halogens is 1. The van der Waals surface area contributed by atoms with E-state index in [1.807, 2.05) is 46.4 Å². The number of likely N-dealkylation sites (tertiary alicyclic amines) is 1. The number of carbonyl (C=O) groups excluding carboxylic acids is 1. The number of hydrogen-bond acceptors (Lipinski definition) is 4. The van der Waals surface area contributed by atoms with Crippen LogP contribution in [0.15, 0.2) is 12.1 Å². The molecule has 1 aliphatic heterocycles. The molecule has 0 unspecified atom stereocenters. The number of nitrogens with one attached hydrogen (secondary N) is 1. The highest BCUT2D eigenvalue weighted by atomic mass is 32.2. The van der Waals surface area contributed by atoms with E-state index in [0.29, 0.717) is 13.1 Å². The number of hydrogen-bond donors (Lipinski definition) is 1. The van der Waals surface area contributed by atoms with E-state index in [1.54, 1.807) is 0 Å². The molecule has 0 aliphatic carbocycles. The van der Waals surface area contributed by atoms with Crippen LogP contribution in [-0.4, -0.2) is 43.6 Å². The second kappa shape index (κ2) is 8.27. The molecule has 152 valence electrons. The van der Waals surface area contributed by atoms with Gasteiger partial charge in [0.2, 0.25) is 15.9 Å². The Morgan fingerprint density at radius 3 is 2.00 bits per heavy atom. The van der Waals surface area contributed by atoms with Gasteiger partial charge >= 0.3 is 0 Å². The lowest BCUT2D eigenvalue weighted by Gasteiger charge is -2.41. The second-order valence-electron chi connectivity index (χ2n) is 8.29. The Bertz CT molecular complexity index is 768. The molecule has 1 aromatic carbocycles. The van der Waals surface area contributed by atoms with Crippen molar-refractivity contribution in [3.63, 3.8) is 0 Å². The molecule has 1 saturated heterocycles. The molecule has 0 atom stereocenters. The van der Waals surface area contributed by atoms with Crippen molar-refractivity contribution in [2.24, 2.45) is 0 Å². The molecule has 1 aliphatic rings. The lowest BCUT2D eigenvalue weighted by atomic mass is 9.87. The fourth-order valence-corrected chi connectivity index (χ4v) is 4.77. The Kier molecular flexibility index (Phi) is 6.68. The van der Waals surface area contributed by atoms with Gasteiger partial charge in [0.25, 0.3) is 0 Å². The fourth-order valence-electron chi connectivity index (χ4n) is 3.44. The van der Waals surface area contributed by atoms with Crippen molar-refractivity contribution in [2.45, 2.75) is 71.1 Å². The minimum Gasteiger partial charge on any atom is -0.298 e. The van der Waals surface area contributed by atoms with Crippen molar-refractivity contribution < 1.29 is 17.6 Å². The largest absolute Gasteiger partial charge is 0.298 e. The topological polar surface area (TPSA) is 66.5 Å². The summed E-state index contributed by atoms with van der Waals surface area (Å²) in [5.41, 5.74) is 2.23. The van der Waals surface area contributed by atoms with E-state index >= 15 is 0 Å². The molecule has 1 aromatic rings. The summed E-state index contributed by atoms with van der Waals surface area (Å²) in [6.07, 6.45) is -0.0683. The number of benzene rings is 1. The molecule has 2 rings (SSSR count). The van der Waals surface area contributed by atoms with Gasteiger partial charge in [-0.05, 0) is 54.5 Å². The standard InChI is InChI=1S/C20H31FN2O3S/c1-12(2)17-7-15(21)8-18(13(3)4)19(17)9-20(24)22-27(25,26)16-10-23(11-16)14(5)6/h7-8,12-14,16H,9-11H2,1-6H3,(H,22,24). The minimum absolute atomic E-state index is 0.0313. The van der Waals surface area contributed by atoms with Crippen molar-refractivity contribution >= 4 is 15.9 Å². The third-order valence-electron chi connectivity index (χ3n) is 5.17. The van der Waals surface area contributed by atoms with Crippen LogP contribution >= 0.6 is 0 Å². The highest BCUT2D eigenvalue weighted by molar-refractivity contribution is 7.90. The van der Waals surface area contributed by atoms with Crippen molar-refractivity contribution in [3.05, 3.63) is 34.6 Å². The molecule has 0 radical (unpaired) electrons. The highest BCUT2D eigenvalue weighted by Gasteiger charge is 2.39. The predicted molar refractivity (Wildman–Crippen MR) is 106 cm³/mol. The van der Waals surface area contributed by atoms with Gasteiger partial charge in [-0.15, -0.1) is 0 Å². The summed E-state index contributed by atoms with van der Waals surface area (Å²) in [7, 11) is -3.70.